The quantitative estimate of drug-likeness (QED) is 0.342. The number of ketones is 2. The van der Waals surface area contributed by atoms with Gasteiger partial charge in [0.1, 0.15) is 17.4 Å². The number of rotatable bonds is 7. The van der Waals surface area contributed by atoms with E-state index >= 15 is 0 Å². The minimum Gasteiger partial charge on any atom is -0.507 e. The molecule has 0 heterocycles. The standard InChI is InChI=1S/C28H38N2O7/c1-5-13(6-2)7-8-14-9-10-18(31)20-16(14)11-15-12-17-22(30(3)4)24(33)21(27(29)36)26(35)28(17,37)25(34)19(15)23(20)32/h9-10,13,15,17,21-22,24,31-33,37H,5-8,11-12H2,1-4H3,(H2,29,36)/t15-,17-,21?,22?,24?,28-/m1/s1. The van der Waals surface area contributed by atoms with Crippen molar-refractivity contribution in [3.05, 3.63) is 34.4 Å². The average molecular weight is 515 g/mol. The number of hydrogen-bond acceptors (Lipinski definition) is 8. The number of carbonyl (C=O) groups excluding carboxylic acids is 3. The number of benzene rings is 1. The molecule has 1 amide bonds. The molecule has 1 aromatic carbocycles. The van der Waals surface area contributed by atoms with Crippen molar-refractivity contribution >= 4 is 23.2 Å². The monoisotopic (exact) mass is 514 g/mol. The van der Waals surface area contributed by atoms with Crippen LogP contribution >= 0.6 is 0 Å². The Balaban J connectivity index is 1.83. The molecule has 2 saturated carbocycles. The number of Topliss-reactive ketones (excluding diaryl/α,β-unsaturated/α-hetero) is 2. The van der Waals surface area contributed by atoms with Gasteiger partial charge in [-0.15, -0.1) is 0 Å². The van der Waals surface area contributed by atoms with E-state index in [0.29, 0.717) is 12.3 Å². The van der Waals surface area contributed by atoms with Crippen LogP contribution < -0.4 is 5.73 Å². The maximum atomic E-state index is 13.9. The number of aromatic hydroxyl groups is 1. The van der Waals surface area contributed by atoms with Gasteiger partial charge in [-0.05, 0) is 68.8 Å². The molecular weight excluding hydrogens is 476 g/mol. The highest BCUT2D eigenvalue weighted by Crippen LogP contribution is 2.52. The van der Waals surface area contributed by atoms with E-state index in [1.54, 1.807) is 19.0 Å². The van der Waals surface area contributed by atoms with E-state index in [1.807, 2.05) is 6.07 Å². The van der Waals surface area contributed by atoms with Gasteiger partial charge in [0.25, 0.3) is 0 Å². The highest BCUT2D eigenvalue weighted by atomic mass is 16.3. The highest BCUT2D eigenvalue weighted by Gasteiger charge is 2.67. The fraction of sp³-hybridized carbons (Fsp3) is 0.607. The summed E-state index contributed by atoms with van der Waals surface area (Å²) in [7, 11) is 3.28. The van der Waals surface area contributed by atoms with Crippen LogP contribution in [-0.4, -0.2) is 74.6 Å². The van der Waals surface area contributed by atoms with E-state index in [2.05, 4.69) is 13.8 Å². The van der Waals surface area contributed by atoms with E-state index in [9.17, 15) is 34.8 Å². The third kappa shape index (κ3) is 4.08. The van der Waals surface area contributed by atoms with Crippen LogP contribution in [0.5, 0.6) is 5.75 Å². The Morgan fingerprint density at radius 1 is 1.19 bits per heavy atom. The van der Waals surface area contributed by atoms with Gasteiger partial charge >= 0.3 is 0 Å². The summed E-state index contributed by atoms with van der Waals surface area (Å²) in [5.74, 6) is -6.65. The van der Waals surface area contributed by atoms with Crippen molar-refractivity contribution in [2.24, 2.45) is 29.4 Å². The van der Waals surface area contributed by atoms with E-state index in [-0.39, 0.29) is 23.3 Å². The lowest BCUT2D eigenvalue weighted by Gasteiger charge is -2.53. The number of amides is 1. The van der Waals surface area contributed by atoms with Gasteiger partial charge in [-0.3, -0.25) is 14.4 Å². The maximum Gasteiger partial charge on any atom is 0.230 e. The first-order chi connectivity index (χ1) is 17.4. The zero-order chi connectivity index (χ0) is 27.4. The fourth-order valence-corrected chi connectivity index (χ4v) is 6.96. The predicted molar refractivity (Wildman–Crippen MR) is 136 cm³/mol. The summed E-state index contributed by atoms with van der Waals surface area (Å²) in [6, 6.07) is 2.45. The minimum atomic E-state index is -2.63. The first kappa shape index (κ1) is 27.3. The summed E-state index contributed by atoms with van der Waals surface area (Å²) in [6.45, 7) is 4.31. The number of aryl methyl sites for hydroxylation is 1. The number of nitrogens with two attached hydrogens (primary N) is 1. The highest BCUT2D eigenvalue weighted by molar-refractivity contribution is 6.25. The molecule has 202 valence electrons. The van der Waals surface area contributed by atoms with Gasteiger partial charge in [-0.25, -0.2) is 0 Å². The molecule has 3 aliphatic rings. The predicted octanol–water partition coefficient (Wildman–Crippen LogP) is 1.50. The number of likely N-dealkylation sites (N-methyl/N-ethyl adjacent to an activating group) is 1. The summed E-state index contributed by atoms with van der Waals surface area (Å²) in [4.78, 5) is 40.9. The summed E-state index contributed by atoms with van der Waals surface area (Å²) in [5, 5.41) is 44.6. The molecule has 3 unspecified atom stereocenters. The maximum absolute atomic E-state index is 13.9. The summed E-state index contributed by atoms with van der Waals surface area (Å²) in [6.07, 6.45) is 2.78. The fourth-order valence-electron chi connectivity index (χ4n) is 6.96. The largest absolute Gasteiger partial charge is 0.507 e. The van der Waals surface area contributed by atoms with Gasteiger partial charge < -0.3 is 31.1 Å². The zero-order valence-electron chi connectivity index (χ0n) is 21.9. The van der Waals surface area contributed by atoms with Gasteiger partial charge in [0.15, 0.2) is 11.4 Å². The number of hydrogen-bond donors (Lipinski definition) is 5. The van der Waals surface area contributed by atoms with E-state index in [4.69, 9.17) is 5.73 Å². The van der Waals surface area contributed by atoms with Crippen molar-refractivity contribution in [1.82, 2.24) is 4.90 Å². The van der Waals surface area contributed by atoms with Crippen LogP contribution in [0.3, 0.4) is 0 Å². The first-order valence-corrected chi connectivity index (χ1v) is 13.1. The van der Waals surface area contributed by atoms with Crippen LogP contribution in [0.25, 0.3) is 5.76 Å². The molecule has 37 heavy (non-hydrogen) atoms. The minimum absolute atomic E-state index is 0.121. The second-order valence-corrected chi connectivity index (χ2v) is 11.1. The smallest absolute Gasteiger partial charge is 0.230 e. The third-order valence-corrected chi connectivity index (χ3v) is 9.05. The van der Waals surface area contributed by atoms with Gasteiger partial charge in [-0.1, -0.05) is 32.8 Å². The van der Waals surface area contributed by atoms with Crippen LogP contribution in [0.15, 0.2) is 17.7 Å². The second-order valence-electron chi connectivity index (χ2n) is 11.1. The van der Waals surface area contributed by atoms with Gasteiger partial charge in [0.2, 0.25) is 11.7 Å². The number of aliphatic hydroxyl groups excluding tert-OH is 2. The molecule has 1 aromatic rings. The molecule has 0 bridgehead atoms. The van der Waals surface area contributed by atoms with Crippen LogP contribution in [-0.2, 0) is 27.2 Å². The van der Waals surface area contributed by atoms with Crippen LogP contribution in [0.2, 0.25) is 0 Å². The number of phenols is 1. The molecule has 3 aliphatic carbocycles. The van der Waals surface area contributed by atoms with Crippen LogP contribution in [0, 0.1) is 23.7 Å². The Morgan fingerprint density at radius 2 is 1.84 bits per heavy atom. The summed E-state index contributed by atoms with van der Waals surface area (Å²) in [5.41, 5.74) is 4.55. The van der Waals surface area contributed by atoms with Crippen molar-refractivity contribution in [2.75, 3.05) is 14.1 Å². The molecule has 9 heteroatoms. The molecule has 6 atom stereocenters. The Morgan fingerprint density at radius 3 is 2.41 bits per heavy atom. The van der Waals surface area contributed by atoms with E-state index in [0.717, 1.165) is 36.8 Å². The Bertz CT molecular complexity index is 1160. The average Bonchev–Trinajstić information content (AvgIpc) is 2.82. The molecule has 6 N–H and O–H groups in total. The zero-order valence-corrected chi connectivity index (χ0v) is 21.9. The molecular formula is C28H38N2O7. The normalized spacial score (nSPS) is 31.4. The summed E-state index contributed by atoms with van der Waals surface area (Å²) >= 11 is 0. The van der Waals surface area contributed by atoms with Crippen molar-refractivity contribution in [3.8, 4) is 5.75 Å². The van der Waals surface area contributed by atoms with Gasteiger partial charge in [-0.2, -0.15) is 0 Å². The number of nitrogens with zero attached hydrogens (tertiary/aromatic N) is 1. The Labute approximate surface area is 217 Å². The van der Waals surface area contributed by atoms with Crippen molar-refractivity contribution in [1.29, 1.82) is 0 Å². The Kier molecular flexibility index (Phi) is 7.27. The molecule has 0 spiro atoms. The number of fused-ring (bicyclic) bond motifs is 3. The lowest BCUT2D eigenvalue weighted by Crippen LogP contribution is -2.73. The first-order valence-electron chi connectivity index (χ1n) is 13.1. The van der Waals surface area contributed by atoms with Gasteiger partial charge in [0, 0.05) is 17.5 Å². The molecule has 9 nitrogen and oxygen atoms in total. The summed E-state index contributed by atoms with van der Waals surface area (Å²) < 4.78 is 0. The van der Waals surface area contributed by atoms with Crippen LogP contribution in [0.1, 0.15) is 56.2 Å². The molecule has 0 saturated heterocycles. The number of aliphatic hydroxyl groups is 3. The lowest BCUT2D eigenvalue weighted by atomic mass is 9.54. The van der Waals surface area contributed by atoms with Crippen LogP contribution in [0.4, 0.5) is 0 Å². The van der Waals surface area contributed by atoms with Crippen molar-refractivity contribution in [3.63, 3.8) is 0 Å². The lowest BCUT2D eigenvalue weighted by molar-refractivity contribution is -0.184. The molecule has 0 radical (unpaired) electrons. The number of carbonyl (C=O) groups is 3. The molecule has 4 rings (SSSR count). The number of phenolic OH excluding ortho intramolecular Hbond substituents is 1. The number of primary amides is 1. The van der Waals surface area contributed by atoms with Crippen molar-refractivity contribution in [2.45, 2.75) is 70.1 Å². The second kappa shape index (κ2) is 9.85. The molecule has 2 fully saturated rings. The molecule has 0 aliphatic heterocycles. The topological polar surface area (TPSA) is 161 Å². The SMILES string of the molecule is CCC(CC)CCc1ccc(O)c2c1C[C@@H]1C[C@@H]3C(N(C)C)C(O)C(C(N)=O)C(=O)[C@]3(O)C(=O)C1=C2O. The van der Waals surface area contributed by atoms with E-state index in [1.165, 1.54) is 6.07 Å². The molecule has 0 aromatic heterocycles. The van der Waals surface area contributed by atoms with E-state index < -0.39 is 58.7 Å². The third-order valence-electron chi connectivity index (χ3n) is 9.05. The van der Waals surface area contributed by atoms with Gasteiger partial charge in [0.05, 0.1) is 11.7 Å². The van der Waals surface area contributed by atoms with Crippen molar-refractivity contribution < 1.29 is 34.8 Å². The Hall–Kier alpha value is -2.75.